The van der Waals surface area contributed by atoms with Crippen LogP contribution in [-0.4, -0.2) is 5.78 Å². The number of ketones is 1. The van der Waals surface area contributed by atoms with Gasteiger partial charge in [-0.1, -0.05) is 26.0 Å². The Morgan fingerprint density at radius 1 is 1.31 bits per heavy atom. The fourth-order valence-corrected chi connectivity index (χ4v) is 0.859. The molecule has 0 aliphatic heterocycles. The molecule has 1 aromatic carbocycles. The van der Waals surface area contributed by atoms with Crippen LogP contribution in [-0.2, 0) is 0 Å². The second-order valence-corrected chi connectivity index (χ2v) is 2.63. The Balaban J connectivity index is 0.000000671. The minimum absolute atomic E-state index is 0.0525. The molecule has 2 nitrogen and oxygen atoms in total. The number of carbonyl (C=O) groups is 1. The average Bonchev–Trinajstić information content (AvgIpc) is 2.13. The molecule has 0 amide bonds. The first-order chi connectivity index (χ1) is 6.11. The summed E-state index contributed by atoms with van der Waals surface area (Å²) in [5.74, 6) is 0.0525. The van der Waals surface area contributed by atoms with Crippen LogP contribution in [0.3, 0.4) is 0 Å². The standard InChI is InChI=1S/C9H11NO.C2H6/c1-6-3-4-8(7(2)11)5-9(6)10;1-2/h3-5H,10H2,1-2H3;1-2H3. The molecule has 0 heterocycles. The Kier molecular flexibility index (Phi) is 4.82. The van der Waals surface area contributed by atoms with Crippen molar-refractivity contribution in [1.82, 2.24) is 0 Å². The van der Waals surface area contributed by atoms with Crippen molar-refractivity contribution in [2.45, 2.75) is 27.7 Å². The maximum absolute atomic E-state index is 10.9. The van der Waals surface area contributed by atoms with Crippen molar-refractivity contribution < 1.29 is 4.79 Å². The second-order valence-electron chi connectivity index (χ2n) is 2.63. The molecule has 2 N–H and O–H groups in total. The molecule has 0 radical (unpaired) electrons. The summed E-state index contributed by atoms with van der Waals surface area (Å²) in [5, 5.41) is 0. The third-order valence-electron chi connectivity index (χ3n) is 1.69. The van der Waals surface area contributed by atoms with Crippen LogP contribution in [0.2, 0.25) is 0 Å². The Morgan fingerprint density at radius 2 is 1.85 bits per heavy atom. The largest absolute Gasteiger partial charge is 0.398 e. The SMILES string of the molecule is CC.CC(=O)c1ccc(C)c(N)c1. The Morgan fingerprint density at radius 3 is 2.23 bits per heavy atom. The van der Waals surface area contributed by atoms with E-state index >= 15 is 0 Å². The van der Waals surface area contributed by atoms with Crippen LogP contribution in [0.5, 0.6) is 0 Å². The van der Waals surface area contributed by atoms with Gasteiger partial charge in [-0.25, -0.2) is 0 Å². The number of hydrogen-bond acceptors (Lipinski definition) is 2. The zero-order valence-electron chi connectivity index (χ0n) is 8.72. The van der Waals surface area contributed by atoms with E-state index in [0.29, 0.717) is 11.3 Å². The molecule has 13 heavy (non-hydrogen) atoms. The molecule has 1 aromatic rings. The smallest absolute Gasteiger partial charge is 0.159 e. The van der Waals surface area contributed by atoms with Gasteiger partial charge in [0.25, 0.3) is 0 Å². The normalized spacial score (nSPS) is 8.62. The molecule has 2 heteroatoms. The summed E-state index contributed by atoms with van der Waals surface area (Å²) in [6.07, 6.45) is 0. The first-order valence-electron chi connectivity index (χ1n) is 4.48. The molecule has 0 saturated carbocycles. The lowest BCUT2D eigenvalue weighted by molar-refractivity contribution is 0.101. The second kappa shape index (κ2) is 5.36. The summed E-state index contributed by atoms with van der Waals surface area (Å²) in [5.41, 5.74) is 7.97. The van der Waals surface area contributed by atoms with Crippen LogP contribution in [0.1, 0.15) is 36.7 Å². The molecule has 0 aromatic heterocycles. The van der Waals surface area contributed by atoms with E-state index in [2.05, 4.69) is 0 Å². The van der Waals surface area contributed by atoms with Gasteiger partial charge in [-0.05, 0) is 25.5 Å². The highest BCUT2D eigenvalue weighted by Crippen LogP contribution is 2.12. The number of nitrogen functional groups attached to an aromatic ring is 1. The van der Waals surface area contributed by atoms with Gasteiger partial charge in [0.1, 0.15) is 0 Å². The summed E-state index contributed by atoms with van der Waals surface area (Å²) in [7, 11) is 0. The molecule has 0 fully saturated rings. The minimum atomic E-state index is 0.0525. The van der Waals surface area contributed by atoms with Gasteiger partial charge in [-0.15, -0.1) is 0 Å². The summed E-state index contributed by atoms with van der Waals surface area (Å²) in [4.78, 5) is 10.9. The zero-order chi connectivity index (χ0) is 10.4. The minimum Gasteiger partial charge on any atom is -0.398 e. The lowest BCUT2D eigenvalue weighted by Gasteiger charge is -2.00. The van der Waals surface area contributed by atoms with E-state index in [1.54, 1.807) is 12.1 Å². The number of rotatable bonds is 1. The molecule has 0 saturated heterocycles. The molecule has 0 unspecified atom stereocenters. The van der Waals surface area contributed by atoms with E-state index < -0.39 is 0 Å². The first kappa shape index (κ1) is 11.7. The summed E-state index contributed by atoms with van der Waals surface area (Å²) in [6, 6.07) is 5.35. The Labute approximate surface area is 79.8 Å². The third kappa shape index (κ3) is 3.28. The maximum Gasteiger partial charge on any atom is 0.159 e. The lowest BCUT2D eigenvalue weighted by Crippen LogP contribution is -1.95. The van der Waals surface area contributed by atoms with Gasteiger partial charge in [-0.3, -0.25) is 4.79 Å². The van der Waals surface area contributed by atoms with Gasteiger partial charge in [0.2, 0.25) is 0 Å². The summed E-state index contributed by atoms with van der Waals surface area (Å²) >= 11 is 0. The van der Waals surface area contributed by atoms with Gasteiger partial charge in [0.15, 0.2) is 5.78 Å². The molecule has 0 aliphatic rings. The maximum atomic E-state index is 10.9. The highest BCUT2D eigenvalue weighted by atomic mass is 16.1. The van der Waals surface area contributed by atoms with Crippen molar-refractivity contribution in [2.75, 3.05) is 5.73 Å². The van der Waals surface area contributed by atoms with Crippen LogP contribution >= 0.6 is 0 Å². The van der Waals surface area contributed by atoms with E-state index in [9.17, 15) is 4.79 Å². The van der Waals surface area contributed by atoms with Crippen molar-refractivity contribution in [3.8, 4) is 0 Å². The number of carbonyl (C=O) groups excluding carboxylic acids is 1. The van der Waals surface area contributed by atoms with Crippen LogP contribution in [0, 0.1) is 6.92 Å². The van der Waals surface area contributed by atoms with Crippen LogP contribution in [0.15, 0.2) is 18.2 Å². The molecule has 0 atom stereocenters. The van der Waals surface area contributed by atoms with Crippen LogP contribution in [0.25, 0.3) is 0 Å². The fourth-order valence-electron chi connectivity index (χ4n) is 0.859. The number of nitrogens with two attached hydrogens (primary N) is 1. The highest BCUT2D eigenvalue weighted by molar-refractivity contribution is 5.95. The summed E-state index contributed by atoms with van der Waals surface area (Å²) < 4.78 is 0. The Bertz CT molecular complexity index is 292. The van der Waals surface area contributed by atoms with Crippen molar-refractivity contribution in [3.05, 3.63) is 29.3 Å². The fraction of sp³-hybridized carbons (Fsp3) is 0.364. The van der Waals surface area contributed by atoms with E-state index in [1.807, 2.05) is 26.8 Å². The molecule has 0 bridgehead atoms. The van der Waals surface area contributed by atoms with Gasteiger partial charge in [0, 0.05) is 11.3 Å². The van der Waals surface area contributed by atoms with Crippen molar-refractivity contribution in [2.24, 2.45) is 0 Å². The lowest BCUT2D eigenvalue weighted by atomic mass is 10.1. The predicted molar refractivity (Wildman–Crippen MR) is 56.9 cm³/mol. The molecular weight excluding hydrogens is 162 g/mol. The topological polar surface area (TPSA) is 43.1 Å². The van der Waals surface area contributed by atoms with Crippen LogP contribution in [0.4, 0.5) is 5.69 Å². The van der Waals surface area contributed by atoms with E-state index in [0.717, 1.165) is 5.56 Å². The highest BCUT2D eigenvalue weighted by Gasteiger charge is 1.99. The molecular formula is C11H17NO. The van der Waals surface area contributed by atoms with Crippen molar-refractivity contribution >= 4 is 11.5 Å². The third-order valence-corrected chi connectivity index (χ3v) is 1.69. The van der Waals surface area contributed by atoms with E-state index in [-0.39, 0.29) is 5.78 Å². The van der Waals surface area contributed by atoms with Crippen LogP contribution < -0.4 is 5.73 Å². The van der Waals surface area contributed by atoms with Gasteiger partial charge in [-0.2, -0.15) is 0 Å². The first-order valence-corrected chi connectivity index (χ1v) is 4.48. The molecule has 1 rings (SSSR count). The Hall–Kier alpha value is -1.31. The van der Waals surface area contributed by atoms with Crippen molar-refractivity contribution in [1.29, 1.82) is 0 Å². The van der Waals surface area contributed by atoms with E-state index in [4.69, 9.17) is 5.73 Å². The number of aryl methyl sites for hydroxylation is 1. The van der Waals surface area contributed by atoms with Gasteiger partial charge >= 0.3 is 0 Å². The summed E-state index contributed by atoms with van der Waals surface area (Å²) in [6.45, 7) is 7.45. The average molecular weight is 179 g/mol. The number of benzene rings is 1. The monoisotopic (exact) mass is 179 g/mol. The zero-order valence-corrected chi connectivity index (χ0v) is 8.72. The molecule has 72 valence electrons. The number of hydrogen-bond donors (Lipinski definition) is 1. The molecule has 0 aliphatic carbocycles. The number of Topliss-reactive ketones (excluding diaryl/α,β-unsaturated/α-hetero) is 1. The van der Waals surface area contributed by atoms with Gasteiger partial charge < -0.3 is 5.73 Å². The van der Waals surface area contributed by atoms with Gasteiger partial charge in [0.05, 0.1) is 0 Å². The molecule has 0 spiro atoms. The van der Waals surface area contributed by atoms with E-state index in [1.165, 1.54) is 6.92 Å². The van der Waals surface area contributed by atoms with Crippen molar-refractivity contribution in [3.63, 3.8) is 0 Å². The quantitative estimate of drug-likeness (QED) is 0.532. The predicted octanol–water partition coefficient (Wildman–Crippen LogP) is 2.81. The number of anilines is 1.